The number of hydrogen-bond acceptors (Lipinski definition) is 4. The van der Waals surface area contributed by atoms with Crippen molar-refractivity contribution in [1.29, 1.82) is 0 Å². The third kappa shape index (κ3) is 3.34. The molecule has 0 N–H and O–H groups in total. The van der Waals surface area contributed by atoms with Crippen molar-refractivity contribution >= 4 is 38.2 Å². The first-order chi connectivity index (χ1) is 14.2. The molecule has 0 radical (unpaired) electrons. The van der Waals surface area contributed by atoms with Crippen LogP contribution in [0.25, 0.3) is 32.1 Å². The number of rotatable bonds is 3. The van der Waals surface area contributed by atoms with E-state index in [2.05, 4.69) is 29.2 Å². The molecule has 2 aromatic carbocycles. The second-order valence-corrected chi connectivity index (χ2v) is 8.37. The summed E-state index contributed by atoms with van der Waals surface area (Å²) in [6, 6.07) is 14.4. The van der Waals surface area contributed by atoms with Crippen LogP contribution >= 0.6 is 11.3 Å². The Hall–Kier alpha value is -2.99. The van der Waals surface area contributed by atoms with E-state index < -0.39 is 0 Å². The van der Waals surface area contributed by atoms with Crippen LogP contribution in [0.4, 0.5) is 0 Å². The highest BCUT2D eigenvalue weighted by atomic mass is 32.1. The highest BCUT2D eigenvalue weighted by Crippen LogP contribution is 2.32. The van der Waals surface area contributed by atoms with E-state index in [-0.39, 0.29) is 18.0 Å². The van der Waals surface area contributed by atoms with Gasteiger partial charge in [-0.1, -0.05) is 36.4 Å². The fourth-order valence-electron chi connectivity index (χ4n) is 4.04. The number of benzene rings is 2. The van der Waals surface area contributed by atoms with E-state index in [1.807, 2.05) is 28.5 Å². The van der Waals surface area contributed by atoms with Crippen LogP contribution in [-0.2, 0) is 11.3 Å². The molecule has 1 amide bonds. The Morgan fingerprint density at radius 1 is 1.03 bits per heavy atom. The Bertz CT molecular complexity index is 1270. The number of fused-ring (bicyclic) bond motifs is 2. The molecule has 29 heavy (non-hydrogen) atoms. The van der Waals surface area contributed by atoms with Gasteiger partial charge >= 0.3 is 0 Å². The van der Waals surface area contributed by atoms with Gasteiger partial charge in [-0.15, -0.1) is 11.3 Å². The number of nitrogens with zero attached hydrogens (tertiary/aromatic N) is 3. The second-order valence-electron chi connectivity index (χ2n) is 7.51. The number of hydrogen-bond donors (Lipinski definition) is 0. The first kappa shape index (κ1) is 18.1. The minimum Gasteiger partial charge on any atom is -0.341 e. The lowest BCUT2D eigenvalue weighted by Gasteiger charge is -2.26. The lowest BCUT2D eigenvalue weighted by molar-refractivity contribution is -0.132. The highest BCUT2D eigenvalue weighted by Gasteiger charge is 2.19. The molecular formula is C23H21N3O2S. The van der Waals surface area contributed by atoms with E-state index in [4.69, 9.17) is 0 Å². The molecule has 6 heteroatoms. The highest BCUT2D eigenvalue weighted by molar-refractivity contribution is 7.17. The Morgan fingerprint density at radius 2 is 1.83 bits per heavy atom. The lowest BCUT2D eigenvalue weighted by atomic mass is 10.0. The van der Waals surface area contributed by atoms with Gasteiger partial charge < -0.3 is 4.90 Å². The second kappa shape index (κ2) is 7.44. The molecule has 0 aliphatic carbocycles. The van der Waals surface area contributed by atoms with E-state index in [9.17, 15) is 9.59 Å². The molecule has 3 heterocycles. The summed E-state index contributed by atoms with van der Waals surface area (Å²) in [6.07, 6.45) is 4.75. The molecule has 0 saturated carbocycles. The fourth-order valence-corrected chi connectivity index (χ4v) is 4.95. The lowest BCUT2D eigenvalue weighted by Crippen LogP contribution is -2.39. The molecular weight excluding hydrogens is 382 g/mol. The molecule has 5 nitrogen and oxygen atoms in total. The van der Waals surface area contributed by atoms with Crippen LogP contribution in [0.2, 0.25) is 0 Å². The van der Waals surface area contributed by atoms with Crippen molar-refractivity contribution in [3.63, 3.8) is 0 Å². The van der Waals surface area contributed by atoms with Gasteiger partial charge in [0.25, 0.3) is 5.56 Å². The summed E-state index contributed by atoms with van der Waals surface area (Å²) in [5.74, 6) is -0.00423. The van der Waals surface area contributed by atoms with Crippen molar-refractivity contribution in [2.24, 2.45) is 0 Å². The van der Waals surface area contributed by atoms with Crippen LogP contribution in [0.1, 0.15) is 19.3 Å². The first-order valence-electron chi connectivity index (χ1n) is 9.94. The molecule has 0 bridgehead atoms. The zero-order valence-electron chi connectivity index (χ0n) is 16.0. The molecule has 0 atom stereocenters. The fraction of sp³-hybridized carbons (Fsp3) is 0.261. The van der Waals surface area contributed by atoms with Gasteiger partial charge in [-0.2, -0.15) is 0 Å². The molecule has 1 saturated heterocycles. The number of carbonyl (C=O) groups is 1. The zero-order chi connectivity index (χ0) is 19.8. The maximum atomic E-state index is 13.2. The molecule has 0 spiro atoms. The van der Waals surface area contributed by atoms with Crippen molar-refractivity contribution in [1.82, 2.24) is 14.5 Å². The molecule has 1 aliphatic rings. The molecule has 5 rings (SSSR count). The molecule has 2 aromatic heterocycles. The summed E-state index contributed by atoms with van der Waals surface area (Å²) < 4.78 is 1.45. The van der Waals surface area contributed by atoms with E-state index in [0.29, 0.717) is 10.2 Å². The number of carbonyl (C=O) groups excluding carboxylic acids is 1. The molecule has 1 fully saturated rings. The van der Waals surface area contributed by atoms with Crippen LogP contribution in [0.3, 0.4) is 0 Å². The maximum Gasteiger partial charge on any atom is 0.263 e. The Balaban J connectivity index is 1.54. The summed E-state index contributed by atoms with van der Waals surface area (Å²) >= 11 is 1.46. The molecule has 146 valence electrons. The standard InChI is InChI=1S/C23H21N3O2S/c27-20(25-10-4-1-5-11-25)13-26-15-24-22-21(23(26)28)19(14-29-22)18-9-8-16-6-2-3-7-17(16)12-18/h2-3,6-9,12,14-15H,1,4-5,10-11,13H2. The average Bonchev–Trinajstić information content (AvgIpc) is 3.21. The van der Waals surface area contributed by atoms with Crippen LogP contribution in [-0.4, -0.2) is 33.4 Å². The van der Waals surface area contributed by atoms with Gasteiger partial charge in [0, 0.05) is 24.0 Å². The van der Waals surface area contributed by atoms with Crippen molar-refractivity contribution in [2.45, 2.75) is 25.8 Å². The monoisotopic (exact) mass is 403 g/mol. The third-order valence-electron chi connectivity index (χ3n) is 5.64. The quantitative estimate of drug-likeness (QED) is 0.513. The van der Waals surface area contributed by atoms with Crippen molar-refractivity contribution in [3.05, 3.63) is 64.5 Å². The number of likely N-dealkylation sites (tertiary alicyclic amines) is 1. The summed E-state index contributed by atoms with van der Waals surface area (Å²) in [6.45, 7) is 1.61. The number of thiophene rings is 1. The Labute approximate surface area is 172 Å². The molecule has 1 aliphatic heterocycles. The van der Waals surface area contributed by atoms with Gasteiger partial charge in [0.2, 0.25) is 5.91 Å². The third-order valence-corrected chi connectivity index (χ3v) is 6.52. The normalized spacial score (nSPS) is 14.6. The minimum absolute atomic E-state index is 0.00423. The molecule has 4 aromatic rings. The summed E-state index contributed by atoms with van der Waals surface area (Å²) in [7, 11) is 0. The van der Waals surface area contributed by atoms with Gasteiger partial charge in [0.15, 0.2) is 0 Å². The average molecular weight is 404 g/mol. The Morgan fingerprint density at radius 3 is 2.66 bits per heavy atom. The zero-order valence-corrected chi connectivity index (χ0v) is 16.8. The SMILES string of the molecule is O=C(Cn1cnc2scc(-c3ccc4ccccc4c3)c2c1=O)N1CCCCC1. The van der Waals surface area contributed by atoms with Crippen LogP contribution < -0.4 is 5.56 Å². The molecule has 0 unspecified atom stereocenters. The summed E-state index contributed by atoms with van der Waals surface area (Å²) in [5.41, 5.74) is 1.73. The predicted octanol–water partition coefficient (Wildman–Crippen LogP) is 4.29. The largest absolute Gasteiger partial charge is 0.341 e. The van der Waals surface area contributed by atoms with Crippen molar-refractivity contribution < 1.29 is 4.79 Å². The van der Waals surface area contributed by atoms with Crippen LogP contribution in [0, 0.1) is 0 Å². The van der Waals surface area contributed by atoms with E-state index in [1.165, 1.54) is 34.0 Å². The number of piperidine rings is 1. The van der Waals surface area contributed by atoms with E-state index in [0.717, 1.165) is 42.4 Å². The predicted molar refractivity (Wildman–Crippen MR) is 117 cm³/mol. The summed E-state index contributed by atoms with van der Waals surface area (Å²) in [5, 5.41) is 4.88. The summed E-state index contributed by atoms with van der Waals surface area (Å²) in [4.78, 5) is 32.9. The van der Waals surface area contributed by atoms with Gasteiger partial charge in [-0.05, 0) is 41.7 Å². The topological polar surface area (TPSA) is 55.2 Å². The van der Waals surface area contributed by atoms with Crippen molar-refractivity contribution in [3.8, 4) is 11.1 Å². The number of aromatic nitrogens is 2. The first-order valence-corrected chi connectivity index (χ1v) is 10.8. The van der Waals surface area contributed by atoms with E-state index in [1.54, 1.807) is 0 Å². The van der Waals surface area contributed by atoms with Crippen molar-refractivity contribution in [2.75, 3.05) is 13.1 Å². The Kier molecular flexibility index (Phi) is 4.64. The van der Waals surface area contributed by atoms with Gasteiger partial charge in [0.1, 0.15) is 11.4 Å². The van der Waals surface area contributed by atoms with Gasteiger partial charge in [-0.3, -0.25) is 14.2 Å². The smallest absolute Gasteiger partial charge is 0.263 e. The van der Waals surface area contributed by atoms with Gasteiger partial charge in [-0.25, -0.2) is 4.98 Å². The number of amides is 1. The van der Waals surface area contributed by atoms with Crippen LogP contribution in [0.5, 0.6) is 0 Å². The van der Waals surface area contributed by atoms with Crippen LogP contribution in [0.15, 0.2) is 59.0 Å². The van der Waals surface area contributed by atoms with Gasteiger partial charge in [0.05, 0.1) is 11.7 Å². The van der Waals surface area contributed by atoms with E-state index >= 15 is 0 Å². The minimum atomic E-state index is -0.148. The maximum absolute atomic E-state index is 13.2.